The predicted molar refractivity (Wildman–Crippen MR) is 67.0 cm³/mol. The van der Waals surface area contributed by atoms with E-state index < -0.39 is 5.54 Å². The molecule has 1 saturated carbocycles. The molecule has 1 aliphatic heterocycles. The van der Waals surface area contributed by atoms with Crippen molar-refractivity contribution in [2.24, 2.45) is 0 Å². The van der Waals surface area contributed by atoms with Crippen LogP contribution in [0.15, 0.2) is 0 Å². The van der Waals surface area contributed by atoms with Crippen molar-refractivity contribution in [1.29, 1.82) is 0 Å². The maximum Gasteiger partial charge on any atom is 0.248 e. The number of amides is 2. The van der Waals surface area contributed by atoms with Gasteiger partial charge in [0.05, 0.1) is 13.2 Å². The average molecular weight is 254 g/mol. The van der Waals surface area contributed by atoms with Gasteiger partial charge in [-0.15, -0.1) is 0 Å². The summed E-state index contributed by atoms with van der Waals surface area (Å²) in [7, 11) is 0. The van der Waals surface area contributed by atoms with Gasteiger partial charge in [-0.2, -0.15) is 0 Å². The van der Waals surface area contributed by atoms with Crippen molar-refractivity contribution in [2.75, 3.05) is 26.3 Å². The summed E-state index contributed by atoms with van der Waals surface area (Å²) in [6, 6.07) is 0. The van der Waals surface area contributed by atoms with Crippen molar-refractivity contribution >= 4 is 11.8 Å². The molecule has 5 nitrogen and oxygen atoms in total. The SMILES string of the molecule is CCCOCCN1CC(=O)NC2(CCCC2)C1=O. The van der Waals surface area contributed by atoms with Crippen LogP contribution in [0.3, 0.4) is 0 Å². The highest BCUT2D eigenvalue weighted by molar-refractivity contribution is 5.98. The molecule has 2 amide bonds. The molecule has 0 radical (unpaired) electrons. The molecule has 0 aromatic heterocycles. The summed E-state index contributed by atoms with van der Waals surface area (Å²) in [5, 5.41) is 2.90. The topological polar surface area (TPSA) is 58.6 Å². The highest BCUT2D eigenvalue weighted by atomic mass is 16.5. The third-order valence-electron chi connectivity index (χ3n) is 3.72. The maximum absolute atomic E-state index is 12.4. The van der Waals surface area contributed by atoms with Gasteiger partial charge in [0.15, 0.2) is 0 Å². The molecule has 0 aromatic carbocycles. The minimum absolute atomic E-state index is 0.0352. The minimum Gasteiger partial charge on any atom is -0.380 e. The molecular weight excluding hydrogens is 232 g/mol. The second kappa shape index (κ2) is 5.69. The first-order valence-electron chi connectivity index (χ1n) is 6.86. The fraction of sp³-hybridized carbons (Fsp3) is 0.846. The monoisotopic (exact) mass is 254 g/mol. The van der Waals surface area contributed by atoms with E-state index in [9.17, 15) is 9.59 Å². The molecule has 0 aromatic rings. The maximum atomic E-state index is 12.4. The Kier molecular flexibility index (Phi) is 4.22. The Morgan fingerprint density at radius 3 is 2.67 bits per heavy atom. The quantitative estimate of drug-likeness (QED) is 0.734. The first-order chi connectivity index (χ1) is 8.68. The average Bonchev–Trinajstić information content (AvgIpc) is 2.80. The lowest BCUT2D eigenvalue weighted by Crippen LogP contribution is -2.65. The van der Waals surface area contributed by atoms with Crippen molar-refractivity contribution in [3.05, 3.63) is 0 Å². The van der Waals surface area contributed by atoms with Crippen molar-refractivity contribution in [3.8, 4) is 0 Å². The van der Waals surface area contributed by atoms with Crippen molar-refractivity contribution < 1.29 is 14.3 Å². The highest BCUT2D eigenvalue weighted by Crippen LogP contribution is 2.33. The fourth-order valence-corrected chi connectivity index (χ4v) is 2.83. The van der Waals surface area contributed by atoms with Gasteiger partial charge < -0.3 is 15.0 Å². The molecule has 1 N–H and O–H groups in total. The number of carbonyl (C=O) groups excluding carboxylic acids is 2. The second-order valence-electron chi connectivity index (χ2n) is 5.18. The number of ether oxygens (including phenoxy) is 1. The smallest absolute Gasteiger partial charge is 0.248 e. The van der Waals surface area contributed by atoms with Crippen LogP contribution in [0.1, 0.15) is 39.0 Å². The Morgan fingerprint density at radius 2 is 2.00 bits per heavy atom. The van der Waals surface area contributed by atoms with Gasteiger partial charge in [0, 0.05) is 13.2 Å². The lowest BCUT2D eigenvalue weighted by molar-refractivity contribution is -0.150. The third kappa shape index (κ3) is 2.66. The Labute approximate surface area is 108 Å². The summed E-state index contributed by atoms with van der Waals surface area (Å²) < 4.78 is 5.39. The van der Waals surface area contributed by atoms with Gasteiger partial charge >= 0.3 is 0 Å². The van der Waals surface area contributed by atoms with Crippen LogP contribution < -0.4 is 5.32 Å². The van der Waals surface area contributed by atoms with Crippen LogP contribution in [0.5, 0.6) is 0 Å². The van der Waals surface area contributed by atoms with Gasteiger partial charge in [0.25, 0.3) is 0 Å². The van der Waals surface area contributed by atoms with Crippen molar-refractivity contribution in [2.45, 2.75) is 44.6 Å². The van der Waals surface area contributed by atoms with Gasteiger partial charge in [-0.25, -0.2) is 0 Å². The first-order valence-corrected chi connectivity index (χ1v) is 6.86. The molecule has 102 valence electrons. The van der Waals surface area contributed by atoms with Crippen LogP contribution in [0.4, 0.5) is 0 Å². The summed E-state index contributed by atoms with van der Waals surface area (Å²) >= 11 is 0. The van der Waals surface area contributed by atoms with E-state index in [2.05, 4.69) is 5.32 Å². The molecule has 2 aliphatic rings. The molecule has 1 spiro atoms. The van der Waals surface area contributed by atoms with Gasteiger partial charge in [0.1, 0.15) is 5.54 Å². The summed E-state index contributed by atoms with van der Waals surface area (Å²) in [4.78, 5) is 25.8. The van der Waals surface area contributed by atoms with E-state index in [1.165, 1.54) is 0 Å². The van der Waals surface area contributed by atoms with Crippen LogP contribution in [-0.2, 0) is 14.3 Å². The van der Waals surface area contributed by atoms with Gasteiger partial charge in [-0.1, -0.05) is 19.8 Å². The largest absolute Gasteiger partial charge is 0.380 e. The van der Waals surface area contributed by atoms with Crippen molar-refractivity contribution in [1.82, 2.24) is 10.2 Å². The van der Waals surface area contributed by atoms with Crippen LogP contribution in [0, 0.1) is 0 Å². The van der Waals surface area contributed by atoms with Crippen LogP contribution in [-0.4, -0.2) is 48.6 Å². The Morgan fingerprint density at radius 1 is 1.28 bits per heavy atom. The zero-order valence-electron chi connectivity index (χ0n) is 11.0. The van der Waals surface area contributed by atoms with E-state index in [4.69, 9.17) is 4.74 Å². The van der Waals surface area contributed by atoms with Crippen LogP contribution in [0.25, 0.3) is 0 Å². The number of hydrogen-bond acceptors (Lipinski definition) is 3. The standard InChI is InChI=1S/C13H22N2O3/c1-2-8-18-9-7-15-10-11(16)14-13(12(15)17)5-3-4-6-13/h2-10H2,1H3,(H,14,16). The zero-order valence-corrected chi connectivity index (χ0v) is 11.0. The molecule has 5 heteroatoms. The van der Waals surface area contributed by atoms with Crippen LogP contribution >= 0.6 is 0 Å². The number of nitrogens with one attached hydrogen (secondary N) is 1. The van der Waals surface area contributed by atoms with E-state index in [-0.39, 0.29) is 18.4 Å². The van der Waals surface area contributed by atoms with Crippen LogP contribution in [0.2, 0.25) is 0 Å². The van der Waals surface area contributed by atoms with E-state index in [0.29, 0.717) is 19.8 Å². The molecule has 1 aliphatic carbocycles. The number of carbonyl (C=O) groups is 2. The lowest BCUT2D eigenvalue weighted by Gasteiger charge is -2.39. The first kappa shape index (κ1) is 13.3. The summed E-state index contributed by atoms with van der Waals surface area (Å²) in [5.74, 6) is 0.0479. The number of hydrogen-bond donors (Lipinski definition) is 1. The molecule has 2 rings (SSSR count). The normalized spacial score (nSPS) is 22.6. The number of rotatable bonds is 5. The van der Waals surface area contributed by atoms with Crippen molar-refractivity contribution in [3.63, 3.8) is 0 Å². The minimum atomic E-state index is -0.597. The van der Waals surface area contributed by atoms with Gasteiger partial charge in [0.2, 0.25) is 11.8 Å². The van der Waals surface area contributed by atoms with E-state index >= 15 is 0 Å². The van der Waals surface area contributed by atoms with E-state index in [0.717, 1.165) is 32.1 Å². The molecule has 0 bridgehead atoms. The fourth-order valence-electron chi connectivity index (χ4n) is 2.83. The van der Waals surface area contributed by atoms with Gasteiger partial charge in [-0.05, 0) is 19.3 Å². The number of nitrogens with zero attached hydrogens (tertiary/aromatic N) is 1. The second-order valence-corrected chi connectivity index (χ2v) is 5.18. The Hall–Kier alpha value is -1.10. The molecule has 0 atom stereocenters. The molecule has 1 saturated heterocycles. The number of piperazine rings is 1. The summed E-state index contributed by atoms with van der Waals surface area (Å²) in [6.45, 7) is 3.97. The van der Waals surface area contributed by atoms with E-state index in [1.807, 2.05) is 6.92 Å². The lowest BCUT2D eigenvalue weighted by atomic mass is 9.93. The van der Waals surface area contributed by atoms with E-state index in [1.54, 1.807) is 4.90 Å². The third-order valence-corrected chi connectivity index (χ3v) is 3.72. The Bertz CT molecular complexity index is 324. The zero-order chi connectivity index (χ0) is 13.0. The molecule has 0 unspecified atom stereocenters. The predicted octanol–water partition coefficient (Wildman–Crippen LogP) is 0.684. The Balaban J connectivity index is 1.93. The summed E-state index contributed by atoms with van der Waals surface area (Å²) in [5.41, 5.74) is -0.597. The molecule has 1 heterocycles. The molecular formula is C13H22N2O3. The van der Waals surface area contributed by atoms with Gasteiger partial charge in [-0.3, -0.25) is 9.59 Å². The molecule has 18 heavy (non-hydrogen) atoms. The summed E-state index contributed by atoms with van der Waals surface area (Å²) in [6.07, 6.45) is 4.57. The molecule has 2 fully saturated rings. The highest BCUT2D eigenvalue weighted by Gasteiger charge is 2.47.